The topological polar surface area (TPSA) is 46.2 Å². The van der Waals surface area contributed by atoms with Crippen LogP contribution in [0.5, 0.6) is 0 Å². The lowest BCUT2D eigenvalue weighted by Gasteiger charge is -2.06. The number of carbonyl (C=O) groups is 2. The Morgan fingerprint density at radius 3 is 2.27 bits per heavy atom. The second-order valence-corrected chi connectivity index (χ2v) is 5.20. The van der Waals surface area contributed by atoms with Crippen LogP contribution in [-0.4, -0.2) is 11.7 Å². The molecule has 1 rings (SSSR count). The standard InChI is InChI=1S/C17H25NO2.C2H6/c1-3-4-5-6-7-8-12-17(20)18-16-11-9-10-15(13-16)14(2)19;1-2/h9-11,13H,3-8,12H2,1-2H3,(H,18,20);1-2H3. The maximum absolute atomic E-state index is 11.8. The first-order chi connectivity index (χ1) is 10.6. The van der Waals surface area contributed by atoms with Gasteiger partial charge in [0.15, 0.2) is 5.78 Å². The lowest BCUT2D eigenvalue weighted by Crippen LogP contribution is -2.11. The summed E-state index contributed by atoms with van der Waals surface area (Å²) < 4.78 is 0. The Morgan fingerprint density at radius 2 is 1.64 bits per heavy atom. The zero-order valence-corrected chi connectivity index (χ0v) is 14.6. The second kappa shape index (κ2) is 13.1. The van der Waals surface area contributed by atoms with Crippen molar-refractivity contribution in [2.75, 3.05) is 5.32 Å². The summed E-state index contributed by atoms with van der Waals surface area (Å²) in [5.74, 6) is 0.0400. The van der Waals surface area contributed by atoms with E-state index < -0.39 is 0 Å². The number of anilines is 1. The van der Waals surface area contributed by atoms with E-state index in [1.165, 1.54) is 32.6 Å². The van der Waals surface area contributed by atoms with Gasteiger partial charge >= 0.3 is 0 Å². The minimum absolute atomic E-state index is 0.0111. The number of amides is 1. The molecule has 1 N–H and O–H groups in total. The van der Waals surface area contributed by atoms with Gasteiger partial charge in [-0.25, -0.2) is 0 Å². The molecule has 0 aliphatic rings. The maximum Gasteiger partial charge on any atom is 0.224 e. The third-order valence-corrected chi connectivity index (χ3v) is 3.31. The molecule has 0 saturated heterocycles. The normalized spacial score (nSPS) is 9.64. The molecule has 0 aliphatic heterocycles. The number of nitrogens with one attached hydrogen (secondary N) is 1. The maximum atomic E-state index is 11.8. The molecule has 3 nitrogen and oxygen atoms in total. The van der Waals surface area contributed by atoms with E-state index in [0.717, 1.165) is 12.8 Å². The third kappa shape index (κ3) is 9.32. The van der Waals surface area contributed by atoms with Gasteiger partial charge in [0, 0.05) is 17.7 Å². The van der Waals surface area contributed by atoms with Crippen molar-refractivity contribution < 1.29 is 9.59 Å². The van der Waals surface area contributed by atoms with Crippen LogP contribution >= 0.6 is 0 Å². The van der Waals surface area contributed by atoms with Crippen LogP contribution in [0.1, 0.15) is 83.0 Å². The predicted molar refractivity (Wildman–Crippen MR) is 94.4 cm³/mol. The van der Waals surface area contributed by atoms with Crippen molar-refractivity contribution in [2.45, 2.75) is 72.6 Å². The van der Waals surface area contributed by atoms with Crippen molar-refractivity contribution in [1.82, 2.24) is 0 Å². The Hall–Kier alpha value is -1.64. The molecule has 1 aromatic rings. The van der Waals surface area contributed by atoms with Crippen molar-refractivity contribution in [2.24, 2.45) is 0 Å². The average Bonchev–Trinajstić information content (AvgIpc) is 2.53. The molecular weight excluding hydrogens is 274 g/mol. The zero-order valence-electron chi connectivity index (χ0n) is 14.6. The van der Waals surface area contributed by atoms with Crippen LogP contribution in [0.15, 0.2) is 24.3 Å². The van der Waals surface area contributed by atoms with Crippen LogP contribution in [0.25, 0.3) is 0 Å². The van der Waals surface area contributed by atoms with Crippen LogP contribution in [0.2, 0.25) is 0 Å². The van der Waals surface area contributed by atoms with E-state index >= 15 is 0 Å². The summed E-state index contributed by atoms with van der Waals surface area (Å²) in [6, 6.07) is 7.08. The van der Waals surface area contributed by atoms with Crippen molar-refractivity contribution in [3.8, 4) is 0 Å². The average molecular weight is 305 g/mol. The molecule has 1 aromatic carbocycles. The van der Waals surface area contributed by atoms with Gasteiger partial charge in [-0.05, 0) is 25.5 Å². The minimum atomic E-state index is 0.0111. The molecule has 0 spiro atoms. The van der Waals surface area contributed by atoms with E-state index in [4.69, 9.17) is 0 Å². The summed E-state index contributed by atoms with van der Waals surface area (Å²) in [6.45, 7) is 7.72. The molecular formula is C19H31NO2. The summed E-state index contributed by atoms with van der Waals surface area (Å²) in [4.78, 5) is 23.1. The van der Waals surface area contributed by atoms with E-state index in [2.05, 4.69) is 12.2 Å². The molecule has 3 heteroatoms. The van der Waals surface area contributed by atoms with E-state index in [1.807, 2.05) is 19.9 Å². The summed E-state index contributed by atoms with van der Waals surface area (Å²) in [7, 11) is 0. The molecule has 0 heterocycles. The molecule has 0 unspecified atom stereocenters. The first-order valence-corrected chi connectivity index (χ1v) is 8.54. The van der Waals surface area contributed by atoms with E-state index in [0.29, 0.717) is 17.7 Å². The smallest absolute Gasteiger partial charge is 0.224 e. The van der Waals surface area contributed by atoms with Crippen molar-refractivity contribution in [3.05, 3.63) is 29.8 Å². The van der Waals surface area contributed by atoms with Crippen LogP contribution < -0.4 is 5.32 Å². The van der Waals surface area contributed by atoms with Crippen molar-refractivity contribution in [3.63, 3.8) is 0 Å². The Balaban J connectivity index is 0.00000211. The van der Waals surface area contributed by atoms with Crippen LogP contribution in [0, 0.1) is 0 Å². The fourth-order valence-corrected chi connectivity index (χ4v) is 2.11. The number of carbonyl (C=O) groups excluding carboxylic acids is 2. The van der Waals surface area contributed by atoms with E-state index in [-0.39, 0.29) is 11.7 Å². The highest BCUT2D eigenvalue weighted by Gasteiger charge is 2.04. The number of hydrogen-bond acceptors (Lipinski definition) is 2. The SMILES string of the molecule is CC.CCCCCCCCC(=O)Nc1cccc(C(C)=O)c1. The molecule has 0 bridgehead atoms. The zero-order chi connectivity index (χ0) is 16.8. The van der Waals surface area contributed by atoms with Crippen molar-refractivity contribution in [1.29, 1.82) is 0 Å². The monoisotopic (exact) mass is 305 g/mol. The first kappa shape index (κ1) is 20.4. The molecule has 0 aliphatic carbocycles. The van der Waals surface area contributed by atoms with Crippen LogP contribution in [0.3, 0.4) is 0 Å². The fraction of sp³-hybridized carbons (Fsp3) is 0.579. The van der Waals surface area contributed by atoms with Gasteiger partial charge in [0.05, 0.1) is 0 Å². The summed E-state index contributed by atoms with van der Waals surface area (Å²) in [6.07, 6.45) is 7.59. The molecule has 0 saturated carbocycles. The Labute approximate surface area is 135 Å². The largest absolute Gasteiger partial charge is 0.326 e. The van der Waals surface area contributed by atoms with Gasteiger partial charge in [0.25, 0.3) is 0 Å². The molecule has 0 radical (unpaired) electrons. The lowest BCUT2D eigenvalue weighted by atomic mass is 10.1. The third-order valence-electron chi connectivity index (χ3n) is 3.31. The highest BCUT2D eigenvalue weighted by molar-refractivity contribution is 5.97. The molecule has 1 amide bonds. The highest BCUT2D eigenvalue weighted by Crippen LogP contribution is 2.13. The Morgan fingerprint density at radius 1 is 1.00 bits per heavy atom. The second-order valence-electron chi connectivity index (χ2n) is 5.20. The van der Waals surface area contributed by atoms with Gasteiger partial charge < -0.3 is 5.32 Å². The number of unbranched alkanes of at least 4 members (excludes halogenated alkanes) is 5. The molecule has 0 atom stereocenters. The van der Waals surface area contributed by atoms with Gasteiger partial charge in [-0.15, -0.1) is 0 Å². The number of hydrogen-bond donors (Lipinski definition) is 1. The van der Waals surface area contributed by atoms with Gasteiger partial charge in [-0.3, -0.25) is 9.59 Å². The summed E-state index contributed by atoms with van der Waals surface area (Å²) >= 11 is 0. The predicted octanol–water partition coefficient (Wildman–Crippen LogP) is 5.60. The number of rotatable bonds is 9. The number of ketones is 1. The number of Topliss-reactive ketones (excluding diaryl/α,β-unsaturated/α-hetero) is 1. The molecule has 124 valence electrons. The van der Waals surface area contributed by atoms with E-state index in [9.17, 15) is 9.59 Å². The lowest BCUT2D eigenvalue weighted by molar-refractivity contribution is -0.116. The van der Waals surface area contributed by atoms with Gasteiger partial charge in [0.1, 0.15) is 0 Å². The Bertz CT molecular complexity index is 441. The quantitative estimate of drug-likeness (QED) is 0.476. The van der Waals surface area contributed by atoms with Crippen LogP contribution in [-0.2, 0) is 4.79 Å². The number of benzene rings is 1. The summed E-state index contributed by atoms with van der Waals surface area (Å²) in [5, 5.41) is 2.85. The molecule has 0 fully saturated rings. The summed E-state index contributed by atoms with van der Waals surface area (Å²) in [5.41, 5.74) is 1.33. The van der Waals surface area contributed by atoms with Gasteiger partial charge in [0.2, 0.25) is 5.91 Å². The van der Waals surface area contributed by atoms with E-state index in [1.54, 1.807) is 18.2 Å². The van der Waals surface area contributed by atoms with Crippen molar-refractivity contribution >= 4 is 17.4 Å². The van der Waals surface area contributed by atoms with Crippen LogP contribution in [0.4, 0.5) is 5.69 Å². The first-order valence-electron chi connectivity index (χ1n) is 8.54. The fourth-order valence-electron chi connectivity index (χ4n) is 2.11. The minimum Gasteiger partial charge on any atom is -0.326 e. The molecule has 0 aromatic heterocycles. The highest BCUT2D eigenvalue weighted by atomic mass is 16.1. The van der Waals surface area contributed by atoms with Gasteiger partial charge in [-0.2, -0.15) is 0 Å². The Kier molecular flexibility index (Phi) is 12.1. The van der Waals surface area contributed by atoms with Gasteiger partial charge in [-0.1, -0.05) is 65.0 Å². The molecule has 22 heavy (non-hydrogen) atoms.